The summed E-state index contributed by atoms with van der Waals surface area (Å²) in [6.45, 7) is 5.25. The first kappa shape index (κ1) is 49.0. The highest BCUT2D eigenvalue weighted by molar-refractivity contribution is 7.80. The Balaban J connectivity index is 1.97. The van der Waals surface area contributed by atoms with Crippen LogP contribution in [0.25, 0.3) is 0 Å². The fraction of sp³-hybridized carbons (Fsp3) is 0.735. The van der Waals surface area contributed by atoms with E-state index in [1.54, 1.807) is 0 Å². The van der Waals surface area contributed by atoms with Gasteiger partial charge in [-0.2, -0.15) is 25.3 Å². The zero-order valence-corrected chi connectivity index (χ0v) is 34.2. The van der Waals surface area contributed by atoms with Gasteiger partial charge < -0.3 is 62.8 Å². The number of aliphatic carboxylic acids is 1. The number of carboxylic acid groups (broad SMARTS) is 1. The van der Waals surface area contributed by atoms with E-state index in [2.05, 4.69) is 57.2 Å². The van der Waals surface area contributed by atoms with Gasteiger partial charge in [0.1, 0.15) is 36.3 Å². The SMILES string of the molecule is CC(C)C[C@H](NC(=O)[C@@H]1CCCN1C(=O)[C@@H](N)CS)C(=O)N[C@H](C(=O)NCC(=O)NCC(=O)N1CCC[C@H]1C(=O)N[C@H](C(=O)N[C@@H](CS)C(=O)O)[C@@H](C)O)[C@@H](C)O. The summed E-state index contributed by atoms with van der Waals surface area (Å²) >= 11 is 7.93. The normalized spacial score (nSPS) is 20.2. The van der Waals surface area contributed by atoms with E-state index in [4.69, 9.17) is 5.73 Å². The van der Waals surface area contributed by atoms with Gasteiger partial charge in [-0.3, -0.25) is 38.4 Å². The van der Waals surface area contributed by atoms with E-state index in [1.807, 2.05) is 13.8 Å². The number of aliphatic hydroxyl groups is 2. The minimum absolute atomic E-state index is 0.0818. The lowest BCUT2D eigenvalue weighted by atomic mass is 10.0. The van der Waals surface area contributed by atoms with Crippen LogP contribution in [0.4, 0.5) is 0 Å². The van der Waals surface area contributed by atoms with Gasteiger partial charge in [-0.25, -0.2) is 4.79 Å². The van der Waals surface area contributed by atoms with E-state index in [9.17, 15) is 58.5 Å². The van der Waals surface area contributed by atoms with Gasteiger partial charge in [0.05, 0.1) is 31.3 Å². The molecule has 0 radical (unpaired) electrons. The predicted octanol–water partition coefficient (Wildman–Crippen LogP) is -4.78. The predicted molar refractivity (Wildman–Crippen MR) is 209 cm³/mol. The highest BCUT2D eigenvalue weighted by Gasteiger charge is 2.39. The number of aliphatic hydroxyl groups excluding tert-OH is 2. The Labute approximate surface area is 341 Å². The average Bonchev–Trinajstić information content (AvgIpc) is 3.85. The van der Waals surface area contributed by atoms with Crippen LogP contribution in [0, 0.1) is 5.92 Å². The second-order valence-corrected chi connectivity index (χ2v) is 15.2. The lowest BCUT2D eigenvalue weighted by molar-refractivity contribution is -0.143. The number of carbonyl (C=O) groups excluding carboxylic acids is 8. The van der Waals surface area contributed by atoms with Crippen LogP contribution in [0.2, 0.25) is 0 Å². The third kappa shape index (κ3) is 14.6. The molecule has 2 fully saturated rings. The van der Waals surface area contributed by atoms with E-state index >= 15 is 0 Å². The van der Waals surface area contributed by atoms with Crippen molar-refractivity contribution < 1.29 is 58.5 Å². The molecule has 0 saturated carbocycles. The Morgan fingerprint density at radius 3 is 1.75 bits per heavy atom. The number of nitrogens with two attached hydrogens (primary N) is 1. The van der Waals surface area contributed by atoms with Crippen LogP contribution < -0.4 is 37.6 Å². The van der Waals surface area contributed by atoms with Crippen molar-refractivity contribution in [1.29, 1.82) is 0 Å². The molecule has 2 aliphatic rings. The number of rotatable bonds is 21. The fourth-order valence-corrected chi connectivity index (χ4v) is 6.68. The van der Waals surface area contributed by atoms with Crippen molar-refractivity contribution in [3.05, 3.63) is 0 Å². The minimum Gasteiger partial charge on any atom is -0.480 e. The second-order valence-electron chi connectivity index (χ2n) is 14.4. The minimum atomic E-state index is -1.55. The summed E-state index contributed by atoms with van der Waals surface area (Å²) in [4.78, 5) is 118. The molecule has 0 aromatic heterocycles. The van der Waals surface area contributed by atoms with Gasteiger partial charge in [0, 0.05) is 24.6 Å². The summed E-state index contributed by atoms with van der Waals surface area (Å²) in [5.41, 5.74) is 5.84. The molecule has 2 rings (SSSR count). The quantitative estimate of drug-likeness (QED) is 0.0484. The molecule has 2 aliphatic heterocycles. The first-order chi connectivity index (χ1) is 26.7. The van der Waals surface area contributed by atoms with Crippen molar-refractivity contribution in [3.8, 4) is 0 Å². The first-order valence-electron chi connectivity index (χ1n) is 18.7. The van der Waals surface area contributed by atoms with Crippen molar-refractivity contribution in [2.45, 2.75) is 114 Å². The topological polar surface area (TPSA) is 319 Å². The number of likely N-dealkylation sites (tertiary alicyclic amines) is 2. The molecular formula is C34H57N9O12S2. The van der Waals surface area contributed by atoms with Gasteiger partial charge in [0.2, 0.25) is 47.3 Å². The van der Waals surface area contributed by atoms with Gasteiger partial charge in [-0.15, -0.1) is 0 Å². The third-order valence-corrected chi connectivity index (χ3v) is 10.1. The van der Waals surface area contributed by atoms with Crippen molar-refractivity contribution in [3.63, 3.8) is 0 Å². The number of amides is 8. The highest BCUT2D eigenvalue weighted by atomic mass is 32.1. The van der Waals surface area contributed by atoms with E-state index in [0.29, 0.717) is 25.8 Å². The summed E-state index contributed by atoms with van der Waals surface area (Å²) in [5, 5.41) is 43.9. The molecule has 0 spiro atoms. The summed E-state index contributed by atoms with van der Waals surface area (Å²) in [7, 11) is 0. The monoisotopic (exact) mass is 847 g/mol. The van der Waals surface area contributed by atoms with Crippen LogP contribution in [0.5, 0.6) is 0 Å². The molecule has 0 aliphatic carbocycles. The maximum absolute atomic E-state index is 13.4. The molecule has 322 valence electrons. The average molecular weight is 848 g/mol. The zero-order valence-electron chi connectivity index (χ0n) is 32.4. The lowest BCUT2D eigenvalue weighted by Crippen LogP contribution is -2.60. The maximum Gasteiger partial charge on any atom is 0.327 e. The Morgan fingerprint density at radius 1 is 0.684 bits per heavy atom. The Morgan fingerprint density at radius 2 is 1.23 bits per heavy atom. The molecule has 9 atom stereocenters. The van der Waals surface area contributed by atoms with Gasteiger partial charge in [0.15, 0.2) is 0 Å². The summed E-state index contributed by atoms with van der Waals surface area (Å²) in [5.74, 6) is -7.65. The van der Waals surface area contributed by atoms with Gasteiger partial charge in [-0.05, 0) is 51.9 Å². The Hall–Kier alpha value is -4.19. The molecule has 0 unspecified atom stereocenters. The second kappa shape index (κ2) is 23.3. The summed E-state index contributed by atoms with van der Waals surface area (Å²) in [6.07, 6.45) is -1.22. The number of nitrogens with one attached hydrogen (secondary N) is 6. The van der Waals surface area contributed by atoms with Crippen molar-refractivity contribution in [2.75, 3.05) is 37.7 Å². The number of carbonyl (C=O) groups is 9. The molecule has 0 bridgehead atoms. The first-order valence-corrected chi connectivity index (χ1v) is 19.9. The molecule has 0 aromatic rings. The van der Waals surface area contributed by atoms with E-state index in [0.717, 1.165) is 0 Å². The third-order valence-electron chi connectivity index (χ3n) is 9.35. The summed E-state index contributed by atoms with van der Waals surface area (Å²) < 4.78 is 0. The summed E-state index contributed by atoms with van der Waals surface area (Å²) in [6, 6.07) is -8.46. The molecule has 2 heterocycles. The van der Waals surface area contributed by atoms with Crippen molar-refractivity contribution in [1.82, 2.24) is 41.7 Å². The number of hydrogen-bond donors (Lipinski definition) is 12. The van der Waals surface area contributed by atoms with Crippen LogP contribution >= 0.6 is 25.3 Å². The van der Waals surface area contributed by atoms with Crippen LogP contribution in [-0.2, 0) is 43.2 Å². The van der Waals surface area contributed by atoms with Crippen LogP contribution in [0.3, 0.4) is 0 Å². The molecule has 0 aromatic carbocycles. The van der Waals surface area contributed by atoms with E-state index < -0.39 is 121 Å². The molecule has 8 amide bonds. The standard InChI is InChI=1S/C34H57N9O12S2/c1-16(2)11-20(38-29(49)23-8-6-10-43(23)33(53)19(35)14-56)28(48)40-26(17(3)44)31(51)37-12-24(46)36-13-25(47)42-9-5-7-22(42)30(50)41-27(18(4)45)32(52)39-21(15-57)34(54)55/h16-23,26-27,44-45,56-57H,5-15,35H2,1-4H3,(H,36,46)(H,37,51)(H,38,49)(H,39,52)(H,40,48)(H,41,50)(H,54,55)/t17-,18-,19+,20+,21+,22+,23+,26+,27+/m1/s1. The molecule has 57 heavy (non-hydrogen) atoms. The number of thiol groups is 2. The number of carboxylic acids is 1. The highest BCUT2D eigenvalue weighted by Crippen LogP contribution is 2.20. The van der Waals surface area contributed by atoms with E-state index in [-0.39, 0.29) is 36.8 Å². The zero-order chi connectivity index (χ0) is 43.1. The van der Waals surface area contributed by atoms with Crippen LogP contribution in [-0.4, -0.2) is 171 Å². The molecule has 2 saturated heterocycles. The molecule has 11 N–H and O–H groups in total. The molecule has 23 heteroatoms. The lowest BCUT2D eigenvalue weighted by Gasteiger charge is -2.29. The number of nitrogens with zero attached hydrogens (tertiary/aromatic N) is 2. The van der Waals surface area contributed by atoms with Crippen molar-refractivity contribution in [2.24, 2.45) is 11.7 Å². The van der Waals surface area contributed by atoms with Crippen LogP contribution in [0.1, 0.15) is 59.8 Å². The van der Waals surface area contributed by atoms with E-state index in [1.165, 1.54) is 23.6 Å². The smallest absolute Gasteiger partial charge is 0.327 e. The van der Waals surface area contributed by atoms with Gasteiger partial charge >= 0.3 is 5.97 Å². The fourth-order valence-electron chi connectivity index (χ4n) is 6.28. The maximum atomic E-state index is 13.4. The molecule has 21 nitrogen and oxygen atoms in total. The molecular weight excluding hydrogens is 791 g/mol. The Bertz CT molecular complexity index is 1490. The Kier molecular flexibility index (Phi) is 20.0. The van der Waals surface area contributed by atoms with Gasteiger partial charge in [-0.1, -0.05) is 13.8 Å². The van der Waals surface area contributed by atoms with Crippen LogP contribution in [0.15, 0.2) is 0 Å². The number of hydrogen-bond acceptors (Lipinski definition) is 14. The van der Waals surface area contributed by atoms with Gasteiger partial charge in [0.25, 0.3) is 0 Å². The van der Waals surface area contributed by atoms with Crippen molar-refractivity contribution >= 4 is 78.5 Å². The largest absolute Gasteiger partial charge is 0.480 e.